The van der Waals surface area contributed by atoms with E-state index in [-0.39, 0.29) is 10.8 Å². The maximum Gasteiger partial charge on any atom is 0.191 e. The third-order valence-corrected chi connectivity index (χ3v) is 5.74. The molecule has 0 heterocycles. The Bertz CT molecular complexity index is 592. The van der Waals surface area contributed by atoms with E-state index in [1.54, 1.807) is 7.05 Å². The second kappa shape index (κ2) is 10.6. The first kappa shape index (κ1) is 22.5. The molecule has 2 N–H and O–H groups in total. The zero-order valence-electron chi connectivity index (χ0n) is 17.3. The van der Waals surface area contributed by atoms with E-state index in [2.05, 4.69) is 48.5 Å². The molecule has 0 saturated heterocycles. The maximum absolute atomic E-state index is 12.1. The van der Waals surface area contributed by atoms with Gasteiger partial charge in [0.1, 0.15) is 5.75 Å². The van der Waals surface area contributed by atoms with Gasteiger partial charge in [-0.1, -0.05) is 26.0 Å². The normalized spacial score (nSPS) is 14.8. The number of nitrogens with one attached hydrogen (secondary N) is 2. The minimum Gasteiger partial charge on any atom is -0.493 e. The van der Waals surface area contributed by atoms with E-state index in [0.29, 0.717) is 24.2 Å². The minimum absolute atomic E-state index is 0.105. The largest absolute Gasteiger partial charge is 0.493 e. The Balaban J connectivity index is 2.51. The second-order valence-corrected chi connectivity index (χ2v) is 10.1. The summed E-state index contributed by atoms with van der Waals surface area (Å²) in [5.41, 5.74) is 1.16. The van der Waals surface area contributed by atoms with Gasteiger partial charge in [0, 0.05) is 34.9 Å². The number of hydrogen-bond acceptors (Lipinski definition) is 3. The predicted molar refractivity (Wildman–Crippen MR) is 112 cm³/mol. The monoisotopic (exact) mass is 381 g/mol. The van der Waals surface area contributed by atoms with Gasteiger partial charge in [-0.2, -0.15) is 0 Å². The lowest BCUT2D eigenvalue weighted by Crippen LogP contribution is -2.41. The number of guanidine groups is 1. The molecule has 5 nitrogen and oxygen atoms in total. The van der Waals surface area contributed by atoms with Crippen LogP contribution in [0.3, 0.4) is 0 Å². The molecule has 0 spiro atoms. The Hall–Kier alpha value is -1.56. The SMILES string of the molecule is CN=C(NCCS(=O)C(C)(C)C)NC(C)c1ccc(OCC(C)C)cc1. The van der Waals surface area contributed by atoms with Crippen LogP contribution in [0.4, 0.5) is 0 Å². The molecule has 0 aromatic heterocycles. The van der Waals surface area contributed by atoms with Crippen LogP contribution in [0.1, 0.15) is 53.1 Å². The lowest BCUT2D eigenvalue weighted by atomic mass is 10.1. The molecule has 1 rings (SSSR count). The van der Waals surface area contributed by atoms with Crippen molar-refractivity contribution >= 4 is 16.8 Å². The Morgan fingerprint density at radius 3 is 2.31 bits per heavy atom. The summed E-state index contributed by atoms with van der Waals surface area (Å²) < 4.78 is 17.6. The molecule has 0 aliphatic carbocycles. The summed E-state index contributed by atoms with van der Waals surface area (Å²) in [6, 6.07) is 8.23. The molecule has 1 aromatic rings. The average Bonchev–Trinajstić information content (AvgIpc) is 2.58. The predicted octanol–water partition coefficient (Wildman–Crippen LogP) is 3.49. The highest BCUT2D eigenvalue weighted by atomic mass is 32.2. The molecular formula is C20H35N3O2S. The number of nitrogens with zero attached hydrogens (tertiary/aromatic N) is 1. The lowest BCUT2D eigenvalue weighted by molar-refractivity contribution is 0.271. The first-order valence-electron chi connectivity index (χ1n) is 9.22. The highest BCUT2D eigenvalue weighted by Gasteiger charge is 2.18. The van der Waals surface area contributed by atoms with E-state index in [4.69, 9.17) is 4.74 Å². The van der Waals surface area contributed by atoms with Crippen LogP contribution in [0.15, 0.2) is 29.3 Å². The zero-order valence-corrected chi connectivity index (χ0v) is 18.1. The summed E-state index contributed by atoms with van der Waals surface area (Å²) >= 11 is 0. The first-order chi connectivity index (χ1) is 12.1. The standard InChI is InChI=1S/C20H35N3O2S/c1-15(2)14-25-18-10-8-17(9-11-18)16(3)23-19(21-7)22-12-13-26(24)20(4,5)6/h8-11,15-16H,12-14H2,1-7H3,(H2,21,22,23). The van der Waals surface area contributed by atoms with Crippen LogP contribution in [0.5, 0.6) is 5.75 Å². The van der Waals surface area contributed by atoms with Crippen molar-refractivity contribution in [3.63, 3.8) is 0 Å². The van der Waals surface area contributed by atoms with Gasteiger partial charge in [-0.3, -0.25) is 9.20 Å². The molecule has 0 fully saturated rings. The highest BCUT2D eigenvalue weighted by molar-refractivity contribution is 7.86. The molecule has 2 unspecified atom stereocenters. The van der Waals surface area contributed by atoms with Gasteiger partial charge in [-0.15, -0.1) is 0 Å². The summed E-state index contributed by atoms with van der Waals surface area (Å²) in [4.78, 5) is 4.25. The van der Waals surface area contributed by atoms with Gasteiger partial charge in [-0.05, 0) is 51.3 Å². The topological polar surface area (TPSA) is 62.7 Å². The number of rotatable bonds is 8. The van der Waals surface area contributed by atoms with Crippen molar-refractivity contribution in [2.45, 2.75) is 52.3 Å². The van der Waals surface area contributed by atoms with Crippen molar-refractivity contribution in [2.24, 2.45) is 10.9 Å². The molecular weight excluding hydrogens is 346 g/mol. The van der Waals surface area contributed by atoms with Gasteiger partial charge in [0.15, 0.2) is 5.96 Å². The van der Waals surface area contributed by atoms with Crippen LogP contribution in [-0.2, 0) is 10.8 Å². The van der Waals surface area contributed by atoms with Crippen LogP contribution in [0.25, 0.3) is 0 Å². The average molecular weight is 382 g/mol. The quantitative estimate of drug-likeness (QED) is 0.534. The number of benzene rings is 1. The van der Waals surface area contributed by atoms with Crippen molar-refractivity contribution in [3.8, 4) is 5.75 Å². The number of aliphatic imine (C=N–C) groups is 1. The number of ether oxygens (including phenoxy) is 1. The number of hydrogen-bond donors (Lipinski definition) is 2. The zero-order chi connectivity index (χ0) is 19.7. The third-order valence-electron chi connectivity index (χ3n) is 3.80. The van der Waals surface area contributed by atoms with Crippen LogP contribution in [0.2, 0.25) is 0 Å². The molecule has 0 aliphatic heterocycles. The van der Waals surface area contributed by atoms with E-state index in [1.165, 1.54) is 0 Å². The van der Waals surface area contributed by atoms with Gasteiger partial charge in [0.2, 0.25) is 0 Å². The highest BCUT2D eigenvalue weighted by Crippen LogP contribution is 2.18. The van der Waals surface area contributed by atoms with E-state index in [1.807, 2.05) is 32.9 Å². The Labute approximate surface area is 161 Å². The molecule has 1 aromatic carbocycles. The van der Waals surface area contributed by atoms with Crippen LogP contribution in [0, 0.1) is 5.92 Å². The fourth-order valence-electron chi connectivity index (χ4n) is 2.17. The van der Waals surface area contributed by atoms with Crippen molar-refractivity contribution in [3.05, 3.63) is 29.8 Å². The molecule has 0 bridgehead atoms. The third kappa shape index (κ3) is 8.21. The molecule has 148 valence electrons. The fourth-order valence-corrected chi connectivity index (χ4v) is 3.07. The van der Waals surface area contributed by atoms with Gasteiger partial charge in [0.05, 0.1) is 12.6 Å². The second-order valence-electron chi connectivity index (χ2n) is 7.80. The lowest BCUT2D eigenvalue weighted by Gasteiger charge is -2.20. The van der Waals surface area contributed by atoms with E-state index in [9.17, 15) is 4.21 Å². The summed E-state index contributed by atoms with van der Waals surface area (Å²) in [7, 11) is 0.870. The van der Waals surface area contributed by atoms with Gasteiger partial charge in [0.25, 0.3) is 0 Å². The Morgan fingerprint density at radius 2 is 1.81 bits per heavy atom. The molecule has 0 radical (unpaired) electrons. The summed E-state index contributed by atoms with van der Waals surface area (Å²) in [5.74, 6) is 2.71. The fraction of sp³-hybridized carbons (Fsp3) is 0.650. The molecule has 0 amide bonds. The van der Waals surface area contributed by atoms with Gasteiger partial charge < -0.3 is 15.4 Å². The van der Waals surface area contributed by atoms with Crippen LogP contribution >= 0.6 is 0 Å². The van der Waals surface area contributed by atoms with E-state index >= 15 is 0 Å². The summed E-state index contributed by atoms with van der Waals surface area (Å²) in [6.45, 7) is 13.7. The maximum atomic E-state index is 12.1. The molecule has 0 aliphatic rings. The van der Waals surface area contributed by atoms with Crippen molar-refractivity contribution in [2.75, 3.05) is 26.0 Å². The molecule has 2 atom stereocenters. The Kier molecular flexibility index (Phi) is 9.13. The minimum atomic E-state index is -0.872. The first-order valence-corrected chi connectivity index (χ1v) is 10.5. The van der Waals surface area contributed by atoms with Crippen molar-refractivity contribution in [1.82, 2.24) is 10.6 Å². The molecule has 6 heteroatoms. The summed E-state index contributed by atoms with van der Waals surface area (Å²) in [5, 5.41) is 6.60. The van der Waals surface area contributed by atoms with Crippen LogP contribution < -0.4 is 15.4 Å². The molecule has 0 saturated carbocycles. The van der Waals surface area contributed by atoms with Crippen molar-refractivity contribution < 1.29 is 8.95 Å². The van der Waals surface area contributed by atoms with E-state index in [0.717, 1.165) is 17.9 Å². The smallest absolute Gasteiger partial charge is 0.191 e. The van der Waals surface area contributed by atoms with Gasteiger partial charge >= 0.3 is 0 Å². The Morgan fingerprint density at radius 1 is 1.19 bits per heavy atom. The summed E-state index contributed by atoms with van der Waals surface area (Å²) in [6.07, 6.45) is 0. The van der Waals surface area contributed by atoms with Crippen LogP contribution in [-0.4, -0.2) is 40.9 Å². The van der Waals surface area contributed by atoms with E-state index < -0.39 is 10.8 Å². The van der Waals surface area contributed by atoms with Crippen molar-refractivity contribution in [1.29, 1.82) is 0 Å². The molecule has 26 heavy (non-hydrogen) atoms. The van der Waals surface area contributed by atoms with Gasteiger partial charge in [-0.25, -0.2) is 0 Å².